The Balaban J connectivity index is 1.97. The number of anilines is 1. The first-order valence-corrected chi connectivity index (χ1v) is 5.68. The second-order valence-corrected chi connectivity index (χ2v) is 4.36. The smallest absolute Gasteiger partial charge is 0.232 e. The molecule has 3 rings (SSSR count). The van der Waals surface area contributed by atoms with Crippen LogP contribution in [-0.2, 0) is 11.2 Å². The molecule has 2 aromatic rings. The van der Waals surface area contributed by atoms with E-state index in [0.29, 0.717) is 6.42 Å². The summed E-state index contributed by atoms with van der Waals surface area (Å²) in [5, 5.41) is 2.95. The molecule has 1 atom stereocenters. The lowest BCUT2D eigenvalue weighted by Gasteiger charge is -2.06. The van der Waals surface area contributed by atoms with E-state index in [4.69, 9.17) is 4.42 Å². The lowest BCUT2D eigenvalue weighted by atomic mass is 9.95. The fourth-order valence-electron chi connectivity index (χ4n) is 2.34. The average molecular weight is 227 g/mol. The number of carbonyl (C=O) groups excluding carboxylic acids is 1. The van der Waals surface area contributed by atoms with E-state index < -0.39 is 0 Å². The number of hydrogen-bond acceptors (Lipinski definition) is 2. The Morgan fingerprint density at radius 3 is 2.94 bits per heavy atom. The number of amides is 1. The summed E-state index contributed by atoms with van der Waals surface area (Å²) >= 11 is 0. The van der Waals surface area contributed by atoms with Crippen molar-refractivity contribution in [3.8, 4) is 0 Å². The highest BCUT2D eigenvalue weighted by atomic mass is 16.3. The van der Waals surface area contributed by atoms with E-state index >= 15 is 0 Å². The van der Waals surface area contributed by atoms with Gasteiger partial charge in [0.05, 0.1) is 12.2 Å². The maximum absolute atomic E-state index is 12.0. The van der Waals surface area contributed by atoms with Crippen molar-refractivity contribution in [3.05, 3.63) is 53.5 Å². The van der Waals surface area contributed by atoms with E-state index in [-0.39, 0.29) is 11.8 Å². The monoisotopic (exact) mass is 227 g/mol. The van der Waals surface area contributed by atoms with Crippen molar-refractivity contribution >= 4 is 11.6 Å². The number of nitrogens with one attached hydrogen (secondary N) is 1. The van der Waals surface area contributed by atoms with Crippen molar-refractivity contribution in [1.29, 1.82) is 0 Å². The largest absolute Gasteiger partial charge is 0.469 e. The average Bonchev–Trinajstić information content (AvgIpc) is 2.91. The van der Waals surface area contributed by atoms with Gasteiger partial charge in [0.15, 0.2) is 0 Å². The van der Waals surface area contributed by atoms with Crippen LogP contribution in [0.2, 0.25) is 0 Å². The van der Waals surface area contributed by atoms with Crippen molar-refractivity contribution in [1.82, 2.24) is 0 Å². The Morgan fingerprint density at radius 2 is 2.18 bits per heavy atom. The zero-order chi connectivity index (χ0) is 11.8. The molecule has 1 aromatic heterocycles. The van der Waals surface area contributed by atoms with Crippen LogP contribution in [0.25, 0.3) is 0 Å². The summed E-state index contributed by atoms with van der Waals surface area (Å²) in [6.45, 7) is 2.01. The molecule has 3 heteroatoms. The van der Waals surface area contributed by atoms with Crippen LogP contribution in [0.15, 0.2) is 41.0 Å². The molecule has 0 saturated heterocycles. The second kappa shape index (κ2) is 3.77. The Morgan fingerprint density at radius 1 is 1.29 bits per heavy atom. The molecule has 0 unspecified atom stereocenters. The van der Waals surface area contributed by atoms with Crippen LogP contribution in [-0.4, -0.2) is 5.91 Å². The van der Waals surface area contributed by atoms with Crippen LogP contribution in [0.3, 0.4) is 0 Å². The molecule has 1 N–H and O–H groups in total. The van der Waals surface area contributed by atoms with Gasteiger partial charge in [-0.2, -0.15) is 0 Å². The summed E-state index contributed by atoms with van der Waals surface area (Å²) in [6.07, 6.45) is 2.26. The third-order valence-corrected chi connectivity index (χ3v) is 3.23. The summed E-state index contributed by atoms with van der Waals surface area (Å²) in [5.41, 5.74) is 3.15. The minimum absolute atomic E-state index is 0.0608. The number of rotatable bonds is 2. The van der Waals surface area contributed by atoms with Gasteiger partial charge in [-0.3, -0.25) is 4.79 Å². The second-order valence-electron chi connectivity index (χ2n) is 4.36. The number of hydrogen-bond donors (Lipinski definition) is 1. The number of fused-ring (bicyclic) bond motifs is 1. The summed E-state index contributed by atoms with van der Waals surface area (Å²) in [5.74, 6) is 0.779. The van der Waals surface area contributed by atoms with Gasteiger partial charge in [0.2, 0.25) is 5.91 Å². The molecular formula is C14H13NO2. The maximum Gasteiger partial charge on any atom is 0.232 e. The van der Waals surface area contributed by atoms with E-state index in [1.54, 1.807) is 6.26 Å². The van der Waals surface area contributed by atoms with E-state index in [1.807, 2.05) is 37.3 Å². The molecule has 2 heterocycles. The standard InChI is InChI=1S/C14H13NO2/c1-9-4-2-6-11-12(14(16)15-13(9)11)8-10-5-3-7-17-10/h2-7,12H,8H2,1H3,(H,15,16)/t12-/m0/s1. The zero-order valence-electron chi connectivity index (χ0n) is 9.57. The molecule has 0 spiro atoms. The maximum atomic E-state index is 12.0. The Kier molecular flexibility index (Phi) is 2.25. The quantitative estimate of drug-likeness (QED) is 0.857. The molecule has 3 nitrogen and oxygen atoms in total. The predicted octanol–water partition coefficient (Wildman–Crippen LogP) is 2.87. The van der Waals surface area contributed by atoms with Crippen LogP contribution in [0, 0.1) is 6.92 Å². The highest BCUT2D eigenvalue weighted by Crippen LogP contribution is 2.36. The fourth-order valence-corrected chi connectivity index (χ4v) is 2.34. The minimum Gasteiger partial charge on any atom is -0.469 e. The number of aryl methyl sites for hydroxylation is 1. The SMILES string of the molecule is Cc1cccc2c1NC(=O)[C@H]2Cc1ccco1. The number of benzene rings is 1. The van der Waals surface area contributed by atoms with Gasteiger partial charge in [-0.05, 0) is 30.2 Å². The third-order valence-electron chi connectivity index (χ3n) is 3.23. The molecule has 1 aliphatic heterocycles. The van der Waals surface area contributed by atoms with Crippen molar-refractivity contribution in [2.75, 3.05) is 5.32 Å². The van der Waals surface area contributed by atoms with Crippen molar-refractivity contribution in [3.63, 3.8) is 0 Å². The number of furan rings is 1. The first-order valence-electron chi connectivity index (χ1n) is 5.68. The predicted molar refractivity (Wildman–Crippen MR) is 65.0 cm³/mol. The molecule has 1 amide bonds. The number of carbonyl (C=O) groups is 1. The number of para-hydroxylation sites is 1. The summed E-state index contributed by atoms with van der Waals surface area (Å²) in [4.78, 5) is 12.0. The van der Waals surface area contributed by atoms with Gasteiger partial charge in [-0.25, -0.2) is 0 Å². The van der Waals surface area contributed by atoms with Gasteiger partial charge < -0.3 is 9.73 Å². The van der Waals surface area contributed by atoms with Gasteiger partial charge in [0.1, 0.15) is 5.76 Å². The fraction of sp³-hybridized carbons (Fsp3) is 0.214. The zero-order valence-corrected chi connectivity index (χ0v) is 9.57. The first-order chi connectivity index (χ1) is 8.25. The molecule has 0 fully saturated rings. The Bertz CT molecular complexity index is 558. The normalized spacial score (nSPS) is 17.9. The summed E-state index contributed by atoms with van der Waals surface area (Å²) < 4.78 is 5.31. The van der Waals surface area contributed by atoms with Gasteiger partial charge >= 0.3 is 0 Å². The van der Waals surface area contributed by atoms with Gasteiger partial charge in [-0.15, -0.1) is 0 Å². The molecule has 1 aromatic carbocycles. The highest BCUT2D eigenvalue weighted by Gasteiger charge is 2.31. The Hall–Kier alpha value is -2.03. The molecule has 0 aliphatic carbocycles. The molecule has 1 aliphatic rings. The van der Waals surface area contributed by atoms with Crippen molar-refractivity contribution in [2.45, 2.75) is 19.3 Å². The third kappa shape index (κ3) is 1.64. The highest BCUT2D eigenvalue weighted by molar-refractivity contribution is 6.03. The minimum atomic E-state index is -0.129. The summed E-state index contributed by atoms with van der Waals surface area (Å²) in [6, 6.07) is 9.76. The summed E-state index contributed by atoms with van der Waals surface area (Å²) in [7, 11) is 0. The molecule has 86 valence electrons. The van der Waals surface area contributed by atoms with Crippen LogP contribution in [0.1, 0.15) is 22.8 Å². The molecular weight excluding hydrogens is 214 g/mol. The topological polar surface area (TPSA) is 42.2 Å². The van der Waals surface area contributed by atoms with E-state index in [0.717, 1.165) is 22.6 Å². The van der Waals surface area contributed by atoms with E-state index in [2.05, 4.69) is 5.32 Å². The molecule has 17 heavy (non-hydrogen) atoms. The van der Waals surface area contributed by atoms with Crippen LogP contribution < -0.4 is 5.32 Å². The lowest BCUT2D eigenvalue weighted by molar-refractivity contribution is -0.117. The molecule has 0 bridgehead atoms. The van der Waals surface area contributed by atoms with Gasteiger partial charge in [-0.1, -0.05) is 18.2 Å². The van der Waals surface area contributed by atoms with Gasteiger partial charge in [0.25, 0.3) is 0 Å². The van der Waals surface area contributed by atoms with Crippen LogP contribution in [0.5, 0.6) is 0 Å². The Labute approximate surface area is 99.4 Å². The van der Waals surface area contributed by atoms with E-state index in [1.165, 1.54) is 0 Å². The van der Waals surface area contributed by atoms with Crippen LogP contribution >= 0.6 is 0 Å². The first kappa shape index (κ1) is 10.1. The van der Waals surface area contributed by atoms with Crippen molar-refractivity contribution in [2.24, 2.45) is 0 Å². The van der Waals surface area contributed by atoms with Crippen LogP contribution in [0.4, 0.5) is 5.69 Å². The van der Waals surface area contributed by atoms with E-state index in [9.17, 15) is 4.79 Å². The molecule has 0 radical (unpaired) electrons. The molecule has 0 saturated carbocycles. The van der Waals surface area contributed by atoms with Crippen molar-refractivity contribution < 1.29 is 9.21 Å². The lowest BCUT2D eigenvalue weighted by Crippen LogP contribution is -2.14. The van der Waals surface area contributed by atoms with Gasteiger partial charge in [0, 0.05) is 12.1 Å².